The summed E-state index contributed by atoms with van der Waals surface area (Å²) in [5.41, 5.74) is 7.79. The smallest absolute Gasteiger partial charge is 0.248 e. The molecule has 0 aliphatic rings. The Morgan fingerprint density at radius 1 is 1.38 bits per heavy atom. The molecule has 1 aromatic heterocycles. The molecular weight excluding hydrogens is 164 g/mol. The van der Waals surface area contributed by atoms with Crippen LogP contribution in [0.2, 0.25) is 0 Å². The third kappa shape index (κ3) is 2.18. The van der Waals surface area contributed by atoms with Crippen LogP contribution >= 0.6 is 0 Å². The first-order valence-corrected chi connectivity index (χ1v) is 4.47. The van der Waals surface area contributed by atoms with E-state index in [4.69, 9.17) is 5.73 Å². The normalized spacial score (nSPS) is 13.3. The molecule has 13 heavy (non-hydrogen) atoms. The van der Waals surface area contributed by atoms with Gasteiger partial charge >= 0.3 is 0 Å². The van der Waals surface area contributed by atoms with Crippen molar-refractivity contribution in [1.82, 2.24) is 4.98 Å². The van der Waals surface area contributed by atoms with Crippen molar-refractivity contribution in [3.63, 3.8) is 0 Å². The fourth-order valence-corrected chi connectivity index (χ4v) is 1.31. The summed E-state index contributed by atoms with van der Waals surface area (Å²) in [5, 5.41) is 0. The maximum Gasteiger partial charge on any atom is 0.248 e. The average molecular weight is 180 g/mol. The highest BCUT2D eigenvalue weighted by atomic mass is 16.1. The molecule has 1 atom stereocenters. The molecule has 3 heteroatoms. The lowest BCUT2D eigenvalue weighted by atomic mass is 9.96. The van der Waals surface area contributed by atoms with Crippen molar-refractivity contribution in [2.24, 2.45) is 11.7 Å². The molecule has 0 aliphatic heterocycles. The van der Waals surface area contributed by atoms with Crippen molar-refractivity contribution in [2.45, 2.75) is 26.8 Å². The van der Waals surface area contributed by atoms with Crippen molar-refractivity contribution < 1.29 is 0 Å². The predicted molar refractivity (Wildman–Crippen MR) is 53.6 cm³/mol. The van der Waals surface area contributed by atoms with Gasteiger partial charge < -0.3 is 10.7 Å². The van der Waals surface area contributed by atoms with Crippen LogP contribution in [-0.4, -0.2) is 4.98 Å². The summed E-state index contributed by atoms with van der Waals surface area (Å²) in [4.78, 5) is 13.7. The number of H-pyrrole nitrogens is 1. The van der Waals surface area contributed by atoms with E-state index in [9.17, 15) is 4.79 Å². The number of hydrogen-bond acceptors (Lipinski definition) is 2. The lowest BCUT2D eigenvalue weighted by Gasteiger charge is -2.17. The summed E-state index contributed by atoms with van der Waals surface area (Å²) in [6, 6.07) is 3.32. The molecule has 1 aromatic rings. The maximum absolute atomic E-state index is 10.9. The Bertz CT molecular complexity index is 341. The molecule has 0 saturated heterocycles. The van der Waals surface area contributed by atoms with E-state index in [1.165, 1.54) is 6.07 Å². The van der Waals surface area contributed by atoms with E-state index in [-0.39, 0.29) is 11.6 Å². The number of aryl methyl sites for hydroxylation is 1. The van der Waals surface area contributed by atoms with Gasteiger partial charge in [-0.25, -0.2) is 0 Å². The SMILES string of the molecule is Cc1[nH]c(=O)ccc1[C@H](N)C(C)C. The van der Waals surface area contributed by atoms with Gasteiger partial charge in [-0.1, -0.05) is 19.9 Å². The third-order valence-electron chi connectivity index (χ3n) is 2.24. The van der Waals surface area contributed by atoms with E-state index in [2.05, 4.69) is 18.8 Å². The van der Waals surface area contributed by atoms with Gasteiger partial charge in [0.15, 0.2) is 0 Å². The van der Waals surface area contributed by atoms with Crippen molar-refractivity contribution in [2.75, 3.05) is 0 Å². The summed E-state index contributed by atoms with van der Waals surface area (Å²) in [6.07, 6.45) is 0. The number of nitrogens with one attached hydrogen (secondary N) is 1. The van der Waals surface area contributed by atoms with Gasteiger partial charge in [0, 0.05) is 17.8 Å². The van der Waals surface area contributed by atoms with Crippen molar-refractivity contribution >= 4 is 0 Å². The van der Waals surface area contributed by atoms with Gasteiger partial charge in [0.25, 0.3) is 0 Å². The summed E-state index contributed by atoms with van der Waals surface area (Å²) in [6.45, 7) is 6.00. The zero-order chi connectivity index (χ0) is 10.0. The van der Waals surface area contributed by atoms with Crippen LogP contribution in [0.5, 0.6) is 0 Å². The molecule has 72 valence electrons. The molecule has 0 fully saturated rings. The molecule has 0 bridgehead atoms. The molecule has 0 unspecified atom stereocenters. The number of pyridine rings is 1. The lowest BCUT2D eigenvalue weighted by molar-refractivity contribution is 0.510. The number of aromatic nitrogens is 1. The quantitative estimate of drug-likeness (QED) is 0.721. The minimum Gasteiger partial charge on any atom is -0.326 e. The van der Waals surface area contributed by atoms with Gasteiger partial charge in [0.2, 0.25) is 5.56 Å². The van der Waals surface area contributed by atoms with Crippen LogP contribution in [0.3, 0.4) is 0 Å². The molecule has 0 radical (unpaired) electrons. The second-order valence-electron chi connectivity index (χ2n) is 3.67. The third-order valence-corrected chi connectivity index (χ3v) is 2.24. The zero-order valence-corrected chi connectivity index (χ0v) is 8.29. The van der Waals surface area contributed by atoms with Crippen molar-refractivity contribution in [1.29, 1.82) is 0 Å². The van der Waals surface area contributed by atoms with Crippen molar-refractivity contribution in [3.8, 4) is 0 Å². The van der Waals surface area contributed by atoms with E-state index in [0.717, 1.165) is 11.3 Å². The fraction of sp³-hybridized carbons (Fsp3) is 0.500. The second-order valence-corrected chi connectivity index (χ2v) is 3.67. The van der Waals surface area contributed by atoms with Crippen molar-refractivity contribution in [3.05, 3.63) is 33.7 Å². The van der Waals surface area contributed by atoms with Gasteiger partial charge in [-0.05, 0) is 18.4 Å². The predicted octanol–water partition coefficient (Wildman–Crippen LogP) is 1.34. The topological polar surface area (TPSA) is 58.9 Å². The molecular formula is C10H16N2O. The van der Waals surface area contributed by atoms with Crippen LogP contribution in [0.25, 0.3) is 0 Å². The average Bonchev–Trinajstić information content (AvgIpc) is 2.03. The Hall–Kier alpha value is -1.09. The highest BCUT2D eigenvalue weighted by molar-refractivity contribution is 5.22. The highest BCUT2D eigenvalue weighted by Gasteiger charge is 2.12. The van der Waals surface area contributed by atoms with E-state index >= 15 is 0 Å². The van der Waals surface area contributed by atoms with Crippen LogP contribution in [0.4, 0.5) is 0 Å². The first-order valence-electron chi connectivity index (χ1n) is 4.47. The van der Waals surface area contributed by atoms with Crippen LogP contribution in [0.1, 0.15) is 31.1 Å². The number of rotatable bonds is 2. The lowest BCUT2D eigenvalue weighted by Crippen LogP contribution is -2.20. The molecule has 3 N–H and O–H groups in total. The van der Waals surface area contributed by atoms with Gasteiger partial charge in [0.05, 0.1) is 0 Å². The molecule has 1 heterocycles. The van der Waals surface area contributed by atoms with Gasteiger partial charge in [-0.3, -0.25) is 4.79 Å². The monoisotopic (exact) mass is 180 g/mol. The minimum atomic E-state index is -0.0720. The zero-order valence-electron chi connectivity index (χ0n) is 8.29. The Morgan fingerprint density at radius 2 is 2.00 bits per heavy atom. The van der Waals surface area contributed by atoms with E-state index in [1.54, 1.807) is 6.07 Å². The van der Waals surface area contributed by atoms with Gasteiger partial charge in [-0.2, -0.15) is 0 Å². The van der Waals surface area contributed by atoms with Crippen LogP contribution in [0.15, 0.2) is 16.9 Å². The van der Waals surface area contributed by atoms with Crippen LogP contribution < -0.4 is 11.3 Å². The molecule has 3 nitrogen and oxygen atoms in total. The van der Waals surface area contributed by atoms with Gasteiger partial charge in [0.1, 0.15) is 0 Å². The van der Waals surface area contributed by atoms with E-state index in [0.29, 0.717) is 5.92 Å². The molecule has 0 spiro atoms. The van der Waals surface area contributed by atoms with Crippen LogP contribution in [0, 0.1) is 12.8 Å². The van der Waals surface area contributed by atoms with Gasteiger partial charge in [-0.15, -0.1) is 0 Å². The largest absolute Gasteiger partial charge is 0.326 e. The number of aromatic amines is 1. The summed E-state index contributed by atoms with van der Waals surface area (Å²) >= 11 is 0. The molecule has 0 aromatic carbocycles. The number of nitrogens with two attached hydrogens (primary N) is 1. The molecule has 1 rings (SSSR count). The Morgan fingerprint density at radius 3 is 2.46 bits per heavy atom. The summed E-state index contributed by atoms with van der Waals surface area (Å²) < 4.78 is 0. The summed E-state index contributed by atoms with van der Waals surface area (Å²) in [5.74, 6) is 0.379. The van der Waals surface area contributed by atoms with Crippen LogP contribution in [-0.2, 0) is 0 Å². The fourth-order valence-electron chi connectivity index (χ4n) is 1.31. The first-order chi connectivity index (χ1) is 6.02. The maximum atomic E-state index is 10.9. The number of hydrogen-bond donors (Lipinski definition) is 2. The summed E-state index contributed by atoms with van der Waals surface area (Å²) in [7, 11) is 0. The highest BCUT2D eigenvalue weighted by Crippen LogP contribution is 2.19. The molecule has 0 amide bonds. The second kappa shape index (κ2) is 3.75. The Kier molecular flexibility index (Phi) is 2.88. The molecule has 0 aliphatic carbocycles. The minimum absolute atomic E-state index is 0.00292. The standard InChI is InChI=1S/C10H16N2O/c1-6(2)10(11)8-4-5-9(13)12-7(8)3/h4-6,10H,11H2,1-3H3,(H,12,13)/t10-/m1/s1. The van der Waals surface area contributed by atoms with E-state index < -0.39 is 0 Å². The molecule has 0 saturated carbocycles. The Labute approximate surface area is 78.0 Å². The van der Waals surface area contributed by atoms with E-state index in [1.807, 2.05) is 6.92 Å². The Balaban J connectivity index is 3.08. The first kappa shape index (κ1) is 9.99.